The van der Waals surface area contributed by atoms with Crippen LogP contribution in [0, 0.1) is 6.92 Å². The molecule has 23 heavy (non-hydrogen) atoms. The van der Waals surface area contributed by atoms with Crippen molar-refractivity contribution in [2.45, 2.75) is 19.9 Å². The lowest BCUT2D eigenvalue weighted by atomic mass is 10.1. The Kier molecular flexibility index (Phi) is 2.93. The van der Waals surface area contributed by atoms with Crippen LogP contribution in [-0.4, -0.2) is 31.4 Å². The monoisotopic (exact) mass is 317 g/mol. The van der Waals surface area contributed by atoms with Crippen molar-refractivity contribution in [3.8, 4) is 22.8 Å². The van der Waals surface area contributed by atoms with Crippen molar-refractivity contribution >= 4 is 0 Å². The van der Waals surface area contributed by atoms with Crippen LogP contribution in [0.2, 0.25) is 0 Å². The molecule has 4 rings (SSSR count). The Morgan fingerprint density at radius 2 is 2.09 bits per heavy atom. The van der Waals surface area contributed by atoms with Gasteiger partial charge in [-0.3, -0.25) is 0 Å². The molecule has 1 aromatic carbocycles. The van der Waals surface area contributed by atoms with E-state index in [1.165, 1.54) is 6.33 Å². The van der Waals surface area contributed by atoms with Gasteiger partial charge in [-0.05, 0) is 25.1 Å². The number of aromatic nitrogens is 5. The molecule has 3 aromatic rings. The highest BCUT2D eigenvalue weighted by molar-refractivity contribution is 5.71. The van der Waals surface area contributed by atoms with Gasteiger partial charge in [0.2, 0.25) is 0 Å². The summed E-state index contributed by atoms with van der Waals surface area (Å²) >= 11 is 0. The van der Waals surface area contributed by atoms with E-state index in [1.807, 2.05) is 16.7 Å². The molecular weight excluding hydrogens is 304 g/mol. The zero-order valence-electron chi connectivity index (χ0n) is 12.5. The summed E-state index contributed by atoms with van der Waals surface area (Å²) in [4.78, 5) is 3.89. The fraction of sp³-hybridized carbons (Fsp3) is 0.267. The third-order valence-electron chi connectivity index (χ3n) is 4.05. The number of fused-ring (bicyclic) bond motifs is 5. The van der Waals surface area contributed by atoms with Crippen molar-refractivity contribution < 1.29 is 13.5 Å². The SMILES string of the molecule is COc1ccc2c(c1)-c1nnc(C)n1Cc1c(C(F)F)ncn1-2. The molecule has 0 amide bonds. The predicted octanol–water partition coefficient (Wildman–Crippen LogP) is 2.75. The summed E-state index contributed by atoms with van der Waals surface area (Å²) in [5, 5.41) is 8.29. The number of halogens is 2. The molecule has 3 heterocycles. The molecule has 6 nitrogen and oxygen atoms in total. The van der Waals surface area contributed by atoms with Crippen LogP contribution in [-0.2, 0) is 6.54 Å². The molecule has 0 radical (unpaired) electrons. The van der Waals surface area contributed by atoms with Gasteiger partial charge in [0.05, 0.1) is 25.0 Å². The number of benzene rings is 1. The first kappa shape index (κ1) is 13.9. The molecule has 2 aromatic heterocycles. The minimum Gasteiger partial charge on any atom is -0.497 e. The molecule has 0 saturated heterocycles. The maximum Gasteiger partial charge on any atom is 0.282 e. The second-order valence-corrected chi connectivity index (χ2v) is 5.29. The Hall–Kier alpha value is -2.77. The zero-order valence-corrected chi connectivity index (χ0v) is 12.5. The van der Waals surface area contributed by atoms with Crippen LogP contribution >= 0.6 is 0 Å². The maximum absolute atomic E-state index is 13.3. The summed E-state index contributed by atoms with van der Waals surface area (Å²) in [6.07, 6.45) is -1.21. The lowest BCUT2D eigenvalue weighted by Gasteiger charge is -2.10. The van der Waals surface area contributed by atoms with Gasteiger partial charge in [-0.25, -0.2) is 13.8 Å². The topological polar surface area (TPSA) is 57.8 Å². The van der Waals surface area contributed by atoms with Crippen molar-refractivity contribution in [3.63, 3.8) is 0 Å². The lowest BCUT2D eigenvalue weighted by Crippen LogP contribution is -2.07. The number of nitrogens with zero attached hydrogens (tertiary/aromatic N) is 5. The Morgan fingerprint density at radius 1 is 1.26 bits per heavy atom. The van der Waals surface area contributed by atoms with Gasteiger partial charge in [0.25, 0.3) is 6.43 Å². The van der Waals surface area contributed by atoms with Crippen LogP contribution in [0.1, 0.15) is 23.6 Å². The van der Waals surface area contributed by atoms with Crippen molar-refractivity contribution in [1.29, 1.82) is 0 Å². The van der Waals surface area contributed by atoms with E-state index in [1.54, 1.807) is 24.7 Å². The molecular formula is C15H13F2N5O. The summed E-state index contributed by atoms with van der Waals surface area (Å²) in [7, 11) is 1.58. The summed E-state index contributed by atoms with van der Waals surface area (Å²) < 4.78 is 35.3. The normalized spacial score (nSPS) is 12.6. The summed E-state index contributed by atoms with van der Waals surface area (Å²) in [6, 6.07) is 5.42. The molecule has 0 atom stereocenters. The van der Waals surface area contributed by atoms with Gasteiger partial charge < -0.3 is 13.9 Å². The number of hydrogen-bond donors (Lipinski definition) is 0. The Labute approximate surface area is 130 Å². The third kappa shape index (κ3) is 1.94. The summed E-state index contributed by atoms with van der Waals surface area (Å²) in [5.74, 6) is 1.94. The van der Waals surface area contributed by atoms with Crippen LogP contribution in [0.4, 0.5) is 8.78 Å². The fourth-order valence-electron chi connectivity index (χ4n) is 2.89. The number of imidazole rings is 1. The largest absolute Gasteiger partial charge is 0.497 e. The van der Waals surface area contributed by atoms with E-state index >= 15 is 0 Å². The first-order chi connectivity index (χ1) is 11.1. The van der Waals surface area contributed by atoms with Gasteiger partial charge in [0.1, 0.15) is 23.6 Å². The average Bonchev–Trinajstić information content (AvgIpc) is 3.09. The van der Waals surface area contributed by atoms with E-state index in [2.05, 4.69) is 15.2 Å². The number of hydrogen-bond acceptors (Lipinski definition) is 4. The van der Waals surface area contributed by atoms with E-state index in [0.717, 1.165) is 11.3 Å². The number of alkyl halides is 2. The predicted molar refractivity (Wildman–Crippen MR) is 77.9 cm³/mol. The van der Waals surface area contributed by atoms with Crippen LogP contribution in [0.15, 0.2) is 24.5 Å². The average molecular weight is 317 g/mol. The van der Waals surface area contributed by atoms with Gasteiger partial charge in [-0.1, -0.05) is 0 Å². The lowest BCUT2D eigenvalue weighted by molar-refractivity contribution is 0.145. The van der Waals surface area contributed by atoms with Crippen LogP contribution < -0.4 is 4.74 Å². The van der Waals surface area contributed by atoms with E-state index in [-0.39, 0.29) is 12.2 Å². The smallest absolute Gasteiger partial charge is 0.282 e. The first-order valence-corrected chi connectivity index (χ1v) is 7.03. The van der Waals surface area contributed by atoms with E-state index in [0.29, 0.717) is 23.1 Å². The fourth-order valence-corrected chi connectivity index (χ4v) is 2.89. The zero-order chi connectivity index (χ0) is 16.1. The maximum atomic E-state index is 13.3. The molecule has 0 unspecified atom stereocenters. The molecule has 1 aliphatic heterocycles. The number of rotatable bonds is 2. The minimum absolute atomic E-state index is 0.215. The van der Waals surface area contributed by atoms with Crippen molar-refractivity contribution in [3.05, 3.63) is 41.7 Å². The van der Waals surface area contributed by atoms with Gasteiger partial charge in [0.15, 0.2) is 5.82 Å². The minimum atomic E-state index is -2.63. The Morgan fingerprint density at radius 3 is 2.83 bits per heavy atom. The second-order valence-electron chi connectivity index (χ2n) is 5.29. The molecule has 0 N–H and O–H groups in total. The first-order valence-electron chi connectivity index (χ1n) is 7.03. The quantitative estimate of drug-likeness (QED) is 0.570. The molecule has 118 valence electrons. The van der Waals surface area contributed by atoms with Crippen molar-refractivity contribution in [2.24, 2.45) is 0 Å². The number of methoxy groups -OCH3 is 1. The van der Waals surface area contributed by atoms with Gasteiger partial charge in [-0.2, -0.15) is 0 Å². The molecule has 8 heteroatoms. The van der Waals surface area contributed by atoms with Crippen LogP contribution in [0.3, 0.4) is 0 Å². The highest BCUT2D eigenvalue weighted by atomic mass is 19.3. The third-order valence-corrected chi connectivity index (χ3v) is 4.05. The molecule has 0 aliphatic carbocycles. The highest BCUT2D eigenvalue weighted by Gasteiger charge is 2.27. The standard InChI is InChI=1S/C15H13F2N5O/c1-8-19-20-15-10-5-9(23-2)3-4-11(10)22-7-18-13(14(16)17)12(22)6-21(8)15/h3-5,7,14H,6H2,1-2H3. The molecule has 0 fully saturated rings. The van der Waals surface area contributed by atoms with Crippen molar-refractivity contribution in [1.82, 2.24) is 24.3 Å². The molecule has 0 bridgehead atoms. The van der Waals surface area contributed by atoms with E-state index < -0.39 is 6.43 Å². The van der Waals surface area contributed by atoms with Gasteiger partial charge in [0, 0.05) is 5.56 Å². The Bertz CT molecular complexity index is 899. The molecule has 0 saturated carbocycles. The highest BCUT2D eigenvalue weighted by Crippen LogP contribution is 2.36. The molecule has 1 aliphatic rings. The van der Waals surface area contributed by atoms with Crippen LogP contribution in [0.5, 0.6) is 5.75 Å². The van der Waals surface area contributed by atoms with Crippen molar-refractivity contribution in [2.75, 3.05) is 7.11 Å². The van der Waals surface area contributed by atoms with E-state index in [9.17, 15) is 8.78 Å². The Balaban J connectivity index is 2.06. The van der Waals surface area contributed by atoms with Gasteiger partial charge >= 0.3 is 0 Å². The summed E-state index contributed by atoms with van der Waals surface area (Å²) in [6.45, 7) is 2.04. The second kappa shape index (κ2) is 4.87. The summed E-state index contributed by atoms with van der Waals surface area (Å²) in [5.41, 5.74) is 1.72. The number of aryl methyl sites for hydroxylation is 1. The molecule has 0 spiro atoms. The van der Waals surface area contributed by atoms with E-state index in [4.69, 9.17) is 4.74 Å². The number of ether oxygens (including phenoxy) is 1. The van der Waals surface area contributed by atoms with Crippen LogP contribution in [0.25, 0.3) is 17.1 Å². The van der Waals surface area contributed by atoms with Gasteiger partial charge in [-0.15, -0.1) is 10.2 Å².